The molecule has 0 aliphatic heterocycles. The van der Waals surface area contributed by atoms with E-state index in [2.05, 4.69) is 45.1 Å². The van der Waals surface area contributed by atoms with Crippen molar-refractivity contribution in [1.29, 1.82) is 0 Å². The van der Waals surface area contributed by atoms with E-state index in [4.69, 9.17) is 4.74 Å². The zero-order valence-electron chi connectivity index (χ0n) is 11.8. The number of nitrogens with one attached hydrogen (secondary N) is 1. The normalized spacial score (nSPS) is 12.5. The van der Waals surface area contributed by atoms with Gasteiger partial charge in [0.2, 0.25) is 0 Å². The number of hydrogen-bond donors (Lipinski definition) is 1. The Morgan fingerprint density at radius 3 is 2.18 bits per heavy atom. The molecule has 0 saturated carbocycles. The van der Waals surface area contributed by atoms with E-state index >= 15 is 0 Å². The Kier molecular flexibility index (Phi) is 5.49. The van der Waals surface area contributed by atoms with E-state index in [1.807, 2.05) is 0 Å². The molecule has 0 aliphatic carbocycles. The predicted octanol–water partition coefficient (Wildman–Crippen LogP) is 3.76. The molecule has 2 heteroatoms. The van der Waals surface area contributed by atoms with Gasteiger partial charge in [0.15, 0.2) is 0 Å². The van der Waals surface area contributed by atoms with Gasteiger partial charge in [-0.15, -0.1) is 0 Å². The molecule has 0 spiro atoms. The highest BCUT2D eigenvalue weighted by molar-refractivity contribution is 5.44. The number of aryl methyl sites for hydroxylation is 2. The zero-order chi connectivity index (χ0) is 12.8. The fourth-order valence-corrected chi connectivity index (χ4v) is 2.43. The highest BCUT2D eigenvalue weighted by Gasteiger charge is 2.12. The van der Waals surface area contributed by atoms with Crippen molar-refractivity contribution < 1.29 is 4.74 Å². The van der Waals surface area contributed by atoms with Crippen LogP contribution >= 0.6 is 0 Å². The molecule has 17 heavy (non-hydrogen) atoms. The monoisotopic (exact) mass is 235 g/mol. The molecule has 1 atom stereocenters. The first-order valence-corrected chi connectivity index (χ1v) is 6.52. The molecule has 0 bridgehead atoms. The van der Waals surface area contributed by atoms with Gasteiger partial charge < -0.3 is 10.1 Å². The number of methoxy groups -OCH3 is 1. The Balaban J connectivity index is 3.03. The van der Waals surface area contributed by atoms with E-state index in [0.717, 1.165) is 12.3 Å². The summed E-state index contributed by atoms with van der Waals surface area (Å²) >= 11 is 0. The summed E-state index contributed by atoms with van der Waals surface area (Å²) < 4.78 is 5.41. The van der Waals surface area contributed by atoms with Crippen molar-refractivity contribution in [3.63, 3.8) is 0 Å². The number of benzene rings is 1. The van der Waals surface area contributed by atoms with Crippen molar-refractivity contribution >= 4 is 0 Å². The highest BCUT2D eigenvalue weighted by atomic mass is 16.5. The fourth-order valence-electron chi connectivity index (χ4n) is 2.43. The average Bonchev–Trinajstić information content (AvgIpc) is 2.28. The van der Waals surface area contributed by atoms with E-state index in [0.29, 0.717) is 6.04 Å². The summed E-state index contributed by atoms with van der Waals surface area (Å²) in [6.45, 7) is 9.63. The molecule has 96 valence electrons. The predicted molar refractivity (Wildman–Crippen MR) is 73.8 cm³/mol. The lowest BCUT2D eigenvalue weighted by Gasteiger charge is -2.20. The van der Waals surface area contributed by atoms with Crippen LogP contribution in [0.25, 0.3) is 0 Å². The third kappa shape index (κ3) is 3.47. The SMILES string of the molecule is CCCC(NCC)c1cc(C)c(OC)c(C)c1. The largest absolute Gasteiger partial charge is 0.496 e. The van der Waals surface area contributed by atoms with Gasteiger partial charge in [0.05, 0.1) is 7.11 Å². The van der Waals surface area contributed by atoms with Gasteiger partial charge in [-0.05, 0) is 43.5 Å². The molecule has 1 unspecified atom stereocenters. The van der Waals surface area contributed by atoms with E-state index < -0.39 is 0 Å². The van der Waals surface area contributed by atoms with Gasteiger partial charge >= 0.3 is 0 Å². The summed E-state index contributed by atoms with van der Waals surface area (Å²) in [7, 11) is 1.74. The lowest BCUT2D eigenvalue weighted by Crippen LogP contribution is -2.21. The molecule has 0 amide bonds. The van der Waals surface area contributed by atoms with Crippen LogP contribution in [0, 0.1) is 13.8 Å². The molecule has 1 aromatic rings. The quantitative estimate of drug-likeness (QED) is 0.810. The topological polar surface area (TPSA) is 21.3 Å². The summed E-state index contributed by atoms with van der Waals surface area (Å²) in [5, 5.41) is 3.55. The summed E-state index contributed by atoms with van der Waals surface area (Å²) in [6, 6.07) is 4.96. The molecule has 0 aliphatic rings. The average molecular weight is 235 g/mol. The maximum absolute atomic E-state index is 5.41. The van der Waals surface area contributed by atoms with Crippen molar-refractivity contribution in [1.82, 2.24) is 5.32 Å². The van der Waals surface area contributed by atoms with Gasteiger partial charge in [-0.25, -0.2) is 0 Å². The first-order chi connectivity index (χ1) is 8.13. The fraction of sp³-hybridized carbons (Fsp3) is 0.600. The van der Waals surface area contributed by atoms with Crippen LogP contribution in [0.1, 0.15) is 49.4 Å². The Morgan fingerprint density at radius 1 is 1.18 bits per heavy atom. The minimum atomic E-state index is 0.466. The second-order valence-electron chi connectivity index (χ2n) is 4.59. The van der Waals surface area contributed by atoms with Crippen molar-refractivity contribution in [2.45, 2.75) is 46.6 Å². The third-order valence-electron chi connectivity index (χ3n) is 3.12. The minimum Gasteiger partial charge on any atom is -0.496 e. The highest BCUT2D eigenvalue weighted by Crippen LogP contribution is 2.28. The summed E-state index contributed by atoms with van der Waals surface area (Å²) in [5.74, 6) is 1.01. The van der Waals surface area contributed by atoms with Crippen LogP contribution in [0.5, 0.6) is 5.75 Å². The third-order valence-corrected chi connectivity index (χ3v) is 3.12. The molecule has 1 rings (SSSR count). The molecule has 0 fully saturated rings. The van der Waals surface area contributed by atoms with Crippen LogP contribution in [0.4, 0.5) is 0 Å². The number of ether oxygens (including phenoxy) is 1. The van der Waals surface area contributed by atoms with Crippen LogP contribution in [-0.2, 0) is 0 Å². The Labute approximate surface area is 105 Å². The smallest absolute Gasteiger partial charge is 0.124 e. The van der Waals surface area contributed by atoms with Crippen LogP contribution in [0.15, 0.2) is 12.1 Å². The van der Waals surface area contributed by atoms with Crippen LogP contribution in [0.2, 0.25) is 0 Å². The second kappa shape index (κ2) is 6.65. The molecule has 1 aromatic carbocycles. The zero-order valence-corrected chi connectivity index (χ0v) is 11.8. The summed E-state index contributed by atoms with van der Waals surface area (Å²) in [6.07, 6.45) is 2.38. The lowest BCUT2D eigenvalue weighted by atomic mass is 9.97. The maximum Gasteiger partial charge on any atom is 0.124 e. The molecule has 0 aromatic heterocycles. The van der Waals surface area contributed by atoms with Gasteiger partial charge in [0.1, 0.15) is 5.75 Å². The lowest BCUT2D eigenvalue weighted by molar-refractivity contribution is 0.407. The van der Waals surface area contributed by atoms with E-state index in [1.54, 1.807) is 7.11 Å². The molecule has 0 heterocycles. The Hall–Kier alpha value is -1.02. The van der Waals surface area contributed by atoms with Gasteiger partial charge in [0, 0.05) is 6.04 Å². The van der Waals surface area contributed by atoms with E-state index in [9.17, 15) is 0 Å². The summed E-state index contributed by atoms with van der Waals surface area (Å²) in [5.41, 5.74) is 3.83. The second-order valence-corrected chi connectivity index (χ2v) is 4.59. The Bertz CT molecular complexity index is 331. The molecular formula is C15H25NO. The molecule has 1 N–H and O–H groups in total. The molecule has 0 saturated heterocycles. The van der Waals surface area contributed by atoms with E-state index in [1.165, 1.54) is 29.5 Å². The first kappa shape index (κ1) is 14.0. The van der Waals surface area contributed by atoms with Crippen LogP contribution < -0.4 is 10.1 Å². The van der Waals surface area contributed by atoms with Crippen LogP contribution in [-0.4, -0.2) is 13.7 Å². The van der Waals surface area contributed by atoms with Gasteiger partial charge in [-0.3, -0.25) is 0 Å². The molecule has 0 radical (unpaired) electrons. The van der Waals surface area contributed by atoms with Gasteiger partial charge in [0.25, 0.3) is 0 Å². The summed E-state index contributed by atoms with van der Waals surface area (Å²) in [4.78, 5) is 0. The number of hydrogen-bond acceptors (Lipinski definition) is 2. The minimum absolute atomic E-state index is 0.466. The number of rotatable bonds is 6. The van der Waals surface area contributed by atoms with Gasteiger partial charge in [-0.2, -0.15) is 0 Å². The Morgan fingerprint density at radius 2 is 1.76 bits per heavy atom. The molecule has 2 nitrogen and oxygen atoms in total. The molecular weight excluding hydrogens is 210 g/mol. The van der Waals surface area contributed by atoms with E-state index in [-0.39, 0.29) is 0 Å². The van der Waals surface area contributed by atoms with Crippen molar-refractivity contribution in [3.05, 3.63) is 28.8 Å². The van der Waals surface area contributed by atoms with Crippen molar-refractivity contribution in [2.24, 2.45) is 0 Å². The van der Waals surface area contributed by atoms with Gasteiger partial charge in [-0.1, -0.05) is 32.4 Å². The van der Waals surface area contributed by atoms with Crippen molar-refractivity contribution in [3.8, 4) is 5.75 Å². The standard InChI is InChI=1S/C15H25NO/c1-6-8-14(16-7-2)13-9-11(3)15(17-5)12(4)10-13/h9-10,14,16H,6-8H2,1-5H3. The maximum atomic E-state index is 5.41. The van der Waals surface area contributed by atoms with Crippen LogP contribution in [0.3, 0.4) is 0 Å². The van der Waals surface area contributed by atoms with Crippen molar-refractivity contribution in [2.75, 3.05) is 13.7 Å². The first-order valence-electron chi connectivity index (χ1n) is 6.52.